The maximum absolute atomic E-state index is 13.3. The van der Waals surface area contributed by atoms with Gasteiger partial charge in [-0.1, -0.05) is 48.0 Å². The number of aromatic nitrogens is 1. The van der Waals surface area contributed by atoms with Crippen LogP contribution in [0.2, 0.25) is 5.02 Å². The molecule has 0 atom stereocenters. The van der Waals surface area contributed by atoms with Gasteiger partial charge in [0, 0.05) is 45.3 Å². The number of nitrogens with one attached hydrogen (secondary N) is 1. The lowest BCUT2D eigenvalue weighted by atomic mass is 9.95. The van der Waals surface area contributed by atoms with Crippen LogP contribution in [-0.4, -0.2) is 16.7 Å². The molecule has 0 radical (unpaired) electrons. The van der Waals surface area contributed by atoms with Crippen molar-refractivity contribution in [1.29, 1.82) is 0 Å². The lowest BCUT2D eigenvalue weighted by molar-refractivity contribution is 0.0951. The Morgan fingerprint density at radius 1 is 1.09 bits per heavy atom. The van der Waals surface area contributed by atoms with Crippen LogP contribution in [0.1, 0.15) is 56.2 Å². The van der Waals surface area contributed by atoms with Crippen molar-refractivity contribution in [2.24, 2.45) is 4.99 Å². The first-order valence-corrected chi connectivity index (χ1v) is 13.2. The molecule has 0 saturated heterocycles. The zero-order chi connectivity index (χ0) is 24.4. The fourth-order valence-electron chi connectivity index (χ4n) is 4.80. The van der Waals surface area contributed by atoms with Crippen LogP contribution in [0, 0.1) is 13.8 Å². The first kappa shape index (κ1) is 23.6. The molecule has 2 aromatic heterocycles. The summed E-state index contributed by atoms with van der Waals surface area (Å²) in [4.78, 5) is 19.5. The molecule has 0 spiro atoms. The predicted octanol–water partition coefficient (Wildman–Crippen LogP) is 7.37. The van der Waals surface area contributed by atoms with E-state index in [9.17, 15) is 4.79 Å². The Hall–Kier alpha value is -3.15. The highest BCUT2D eigenvalue weighted by Gasteiger charge is 2.25. The number of thiophene rings is 1. The Balaban J connectivity index is 1.46. The highest BCUT2D eigenvalue weighted by atomic mass is 35.5. The predicted molar refractivity (Wildman–Crippen MR) is 146 cm³/mol. The van der Waals surface area contributed by atoms with Crippen LogP contribution in [0.4, 0.5) is 5.00 Å². The molecule has 4 nitrogen and oxygen atoms in total. The van der Waals surface area contributed by atoms with E-state index >= 15 is 0 Å². The van der Waals surface area contributed by atoms with Crippen LogP contribution in [0.5, 0.6) is 0 Å². The summed E-state index contributed by atoms with van der Waals surface area (Å²) in [6.07, 6.45) is 6.15. The van der Waals surface area contributed by atoms with Crippen LogP contribution in [0.25, 0.3) is 5.69 Å². The van der Waals surface area contributed by atoms with Gasteiger partial charge in [-0.2, -0.15) is 0 Å². The highest BCUT2D eigenvalue weighted by Crippen LogP contribution is 2.40. The second-order valence-corrected chi connectivity index (χ2v) is 10.5. The first-order chi connectivity index (χ1) is 17.0. The molecular weight excluding hydrogens is 474 g/mol. The van der Waals surface area contributed by atoms with Gasteiger partial charge in [0.25, 0.3) is 5.91 Å². The van der Waals surface area contributed by atoms with E-state index in [0.717, 1.165) is 58.0 Å². The minimum atomic E-state index is -0.0372. The van der Waals surface area contributed by atoms with E-state index in [1.54, 1.807) is 11.3 Å². The van der Waals surface area contributed by atoms with Crippen LogP contribution in [0.15, 0.2) is 65.7 Å². The van der Waals surface area contributed by atoms with Crippen molar-refractivity contribution in [3.63, 3.8) is 0 Å². The van der Waals surface area contributed by atoms with Crippen molar-refractivity contribution in [2.45, 2.75) is 46.1 Å². The van der Waals surface area contributed by atoms with Gasteiger partial charge in [-0.3, -0.25) is 4.79 Å². The van der Waals surface area contributed by atoms with Crippen molar-refractivity contribution >= 4 is 40.1 Å². The molecule has 1 N–H and O–H groups in total. The third-order valence-electron chi connectivity index (χ3n) is 6.53. The zero-order valence-electron chi connectivity index (χ0n) is 20.0. The summed E-state index contributed by atoms with van der Waals surface area (Å²) in [5.41, 5.74) is 7.28. The molecule has 1 aliphatic rings. The number of carbonyl (C=O) groups is 1. The molecule has 2 aromatic carbocycles. The van der Waals surface area contributed by atoms with Crippen molar-refractivity contribution in [2.75, 3.05) is 0 Å². The second-order valence-electron chi connectivity index (χ2n) is 8.96. The van der Waals surface area contributed by atoms with E-state index < -0.39 is 0 Å². The second kappa shape index (κ2) is 10.2. The van der Waals surface area contributed by atoms with E-state index in [0.29, 0.717) is 11.6 Å². The van der Waals surface area contributed by atoms with Gasteiger partial charge in [-0.05, 0) is 74.9 Å². The van der Waals surface area contributed by atoms with E-state index in [1.165, 1.54) is 16.9 Å². The van der Waals surface area contributed by atoms with E-state index in [1.807, 2.05) is 54.7 Å². The van der Waals surface area contributed by atoms with E-state index in [4.69, 9.17) is 16.6 Å². The number of nitrogens with zero attached hydrogens (tertiary/aromatic N) is 2. The Bertz CT molecular complexity index is 1400. The molecule has 1 aliphatic carbocycles. The van der Waals surface area contributed by atoms with Crippen molar-refractivity contribution in [3.05, 3.63) is 104 Å². The smallest absolute Gasteiger partial charge is 0.254 e. The van der Waals surface area contributed by atoms with Crippen molar-refractivity contribution in [1.82, 2.24) is 9.88 Å². The monoisotopic (exact) mass is 501 g/mol. The molecule has 0 unspecified atom stereocenters. The van der Waals surface area contributed by atoms with Gasteiger partial charge >= 0.3 is 0 Å². The lowest BCUT2D eigenvalue weighted by Crippen LogP contribution is -2.24. The fourth-order valence-corrected chi connectivity index (χ4v) is 6.22. The summed E-state index contributed by atoms with van der Waals surface area (Å²) < 4.78 is 2.18. The molecule has 178 valence electrons. The largest absolute Gasteiger partial charge is 0.348 e. The minimum absolute atomic E-state index is 0.0372. The number of amides is 1. The van der Waals surface area contributed by atoms with E-state index in [-0.39, 0.29) is 5.91 Å². The number of halogens is 1. The molecule has 0 saturated carbocycles. The van der Waals surface area contributed by atoms with Gasteiger partial charge in [0.05, 0.1) is 5.56 Å². The van der Waals surface area contributed by atoms with Gasteiger partial charge in [-0.15, -0.1) is 11.3 Å². The number of fused-ring (bicyclic) bond motifs is 1. The first-order valence-electron chi connectivity index (χ1n) is 12.0. The number of rotatable bonds is 6. The normalized spacial score (nSPS) is 13.2. The fraction of sp³-hybridized carbons (Fsp3) is 0.241. The quantitative estimate of drug-likeness (QED) is 0.275. The number of hydrogen-bond acceptors (Lipinski definition) is 3. The van der Waals surface area contributed by atoms with Crippen LogP contribution in [0.3, 0.4) is 0 Å². The van der Waals surface area contributed by atoms with Gasteiger partial charge in [0.1, 0.15) is 5.00 Å². The van der Waals surface area contributed by atoms with Gasteiger partial charge < -0.3 is 9.88 Å². The molecule has 0 bridgehead atoms. The molecule has 2 heterocycles. The summed E-state index contributed by atoms with van der Waals surface area (Å²) in [6, 6.07) is 20.0. The maximum Gasteiger partial charge on any atom is 0.254 e. The third kappa shape index (κ3) is 4.97. The average molecular weight is 502 g/mol. The summed E-state index contributed by atoms with van der Waals surface area (Å²) in [6.45, 7) is 4.67. The number of aliphatic imine (C=N–C) groups is 1. The molecule has 5 rings (SSSR count). The third-order valence-corrected chi connectivity index (χ3v) is 7.97. The molecule has 0 aliphatic heterocycles. The number of benzene rings is 2. The molecule has 6 heteroatoms. The van der Waals surface area contributed by atoms with Crippen molar-refractivity contribution < 1.29 is 4.79 Å². The van der Waals surface area contributed by atoms with Gasteiger partial charge in [-0.25, -0.2) is 4.99 Å². The van der Waals surface area contributed by atoms with Crippen LogP contribution >= 0.6 is 22.9 Å². The SMILES string of the molecule is Cc1cc(C=Nc2sc3c(c2C(=O)NCc2ccccc2)CCCC3)c(C)n1-c1cccc(Cl)c1. The summed E-state index contributed by atoms with van der Waals surface area (Å²) in [7, 11) is 0. The summed E-state index contributed by atoms with van der Waals surface area (Å²) in [5.74, 6) is -0.0372. The lowest BCUT2D eigenvalue weighted by Gasteiger charge is -2.12. The topological polar surface area (TPSA) is 46.4 Å². The van der Waals surface area contributed by atoms with Crippen LogP contribution in [-0.2, 0) is 19.4 Å². The minimum Gasteiger partial charge on any atom is -0.348 e. The standard InChI is InChI=1S/C29H28ClN3OS/c1-19-15-22(20(2)33(19)24-12-8-11-23(30)16-24)18-32-29-27(25-13-6-7-14-26(25)35-29)28(34)31-17-21-9-4-3-5-10-21/h3-5,8-12,15-16,18H,6-7,13-14,17H2,1-2H3,(H,31,34). The zero-order valence-corrected chi connectivity index (χ0v) is 21.5. The molecule has 4 aromatic rings. The summed E-state index contributed by atoms with van der Waals surface area (Å²) in [5, 5.41) is 4.63. The number of aryl methyl sites for hydroxylation is 2. The molecule has 0 fully saturated rings. The van der Waals surface area contributed by atoms with Gasteiger partial charge in [0.15, 0.2) is 0 Å². The number of carbonyl (C=O) groups excluding carboxylic acids is 1. The maximum atomic E-state index is 13.3. The van der Waals surface area contributed by atoms with Gasteiger partial charge in [0.2, 0.25) is 0 Å². The van der Waals surface area contributed by atoms with Crippen molar-refractivity contribution in [3.8, 4) is 5.69 Å². The Morgan fingerprint density at radius 2 is 1.89 bits per heavy atom. The molecule has 1 amide bonds. The average Bonchev–Trinajstić information content (AvgIpc) is 3.37. The van der Waals surface area contributed by atoms with Crippen LogP contribution < -0.4 is 5.32 Å². The molecular formula is C29H28ClN3OS. The number of hydrogen-bond donors (Lipinski definition) is 1. The Labute approximate surface area is 215 Å². The van der Waals surface area contributed by atoms with E-state index in [2.05, 4.69) is 35.9 Å². The molecule has 35 heavy (non-hydrogen) atoms. The Kier molecular flexibility index (Phi) is 6.89. The highest BCUT2D eigenvalue weighted by molar-refractivity contribution is 7.16. The summed E-state index contributed by atoms with van der Waals surface area (Å²) >= 11 is 7.90. The Morgan fingerprint density at radius 3 is 2.69 bits per heavy atom.